The minimum Gasteiger partial charge on any atom is -0.398 e. The van der Waals surface area contributed by atoms with Crippen LogP contribution in [0.3, 0.4) is 0 Å². The zero-order chi connectivity index (χ0) is 12.9. The molecule has 0 saturated carbocycles. The van der Waals surface area contributed by atoms with E-state index in [1.54, 1.807) is 17.8 Å². The molecule has 0 bridgehead atoms. The van der Waals surface area contributed by atoms with Crippen LogP contribution < -0.4 is 5.73 Å². The van der Waals surface area contributed by atoms with E-state index in [-0.39, 0.29) is 5.41 Å². The van der Waals surface area contributed by atoms with E-state index in [9.17, 15) is 0 Å². The summed E-state index contributed by atoms with van der Waals surface area (Å²) in [7, 11) is 0. The van der Waals surface area contributed by atoms with Crippen molar-refractivity contribution < 1.29 is 0 Å². The number of hydrogen-bond acceptors (Lipinski definition) is 3. The van der Waals surface area contributed by atoms with Gasteiger partial charge in [-0.2, -0.15) is 5.26 Å². The number of anilines is 1. The number of hydrogen-bond donors (Lipinski definition) is 1. The molecule has 92 valence electrons. The zero-order valence-corrected chi connectivity index (χ0v) is 11.7. The van der Waals surface area contributed by atoms with E-state index in [2.05, 4.69) is 6.07 Å². The summed E-state index contributed by atoms with van der Waals surface area (Å²) in [6, 6.07) is 7.86. The van der Waals surface area contributed by atoms with Crippen LogP contribution in [-0.4, -0.2) is 5.75 Å². The van der Waals surface area contributed by atoms with E-state index < -0.39 is 0 Å². The number of benzene rings is 1. The van der Waals surface area contributed by atoms with Crippen molar-refractivity contribution in [1.82, 2.24) is 0 Å². The molecule has 0 aliphatic carbocycles. The molecule has 1 aromatic rings. The molecular weight excluding hydrogens is 252 g/mol. The maximum Gasteiger partial charge on any atom is 0.0683 e. The number of nitriles is 1. The van der Waals surface area contributed by atoms with Gasteiger partial charge in [-0.1, -0.05) is 11.6 Å². The first-order chi connectivity index (χ1) is 7.94. The molecule has 0 radical (unpaired) electrons. The fraction of sp³-hybridized carbons (Fsp3) is 0.462. The summed E-state index contributed by atoms with van der Waals surface area (Å²) in [4.78, 5) is 1.06. The minimum absolute atomic E-state index is 0.230. The summed E-state index contributed by atoms with van der Waals surface area (Å²) in [5.74, 6) is 0.969. The van der Waals surface area contributed by atoms with E-state index >= 15 is 0 Å². The molecule has 0 heterocycles. The molecule has 0 saturated heterocycles. The number of nitrogen functional groups attached to an aromatic ring is 1. The lowest BCUT2D eigenvalue weighted by atomic mass is 9.90. The summed E-state index contributed by atoms with van der Waals surface area (Å²) in [6.07, 6.45) is 1.91. The molecule has 0 amide bonds. The Balaban J connectivity index is 2.39. The number of rotatable bonds is 5. The van der Waals surface area contributed by atoms with E-state index in [1.807, 2.05) is 26.0 Å². The van der Waals surface area contributed by atoms with Gasteiger partial charge in [0.25, 0.3) is 0 Å². The van der Waals surface area contributed by atoms with Crippen LogP contribution in [0, 0.1) is 16.7 Å². The van der Waals surface area contributed by atoms with Gasteiger partial charge in [-0.15, -0.1) is 11.8 Å². The third-order valence-corrected chi connectivity index (χ3v) is 3.89. The van der Waals surface area contributed by atoms with Crippen molar-refractivity contribution in [3.8, 4) is 6.07 Å². The van der Waals surface area contributed by atoms with Crippen LogP contribution in [0.5, 0.6) is 0 Å². The second-order valence-corrected chi connectivity index (χ2v) is 6.20. The number of halogens is 1. The Morgan fingerprint density at radius 3 is 2.76 bits per heavy atom. The summed E-state index contributed by atoms with van der Waals surface area (Å²) in [6.45, 7) is 3.93. The van der Waals surface area contributed by atoms with Crippen molar-refractivity contribution in [2.45, 2.75) is 31.6 Å². The van der Waals surface area contributed by atoms with Gasteiger partial charge in [0, 0.05) is 15.6 Å². The van der Waals surface area contributed by atoms with Crippen LogP contribution in [0.4, 0.5) is 5.69 Å². The molecule has 0 spiro atoms. The molecule has 17 heavy (non-hydrogen) atoms. The third kappa shape index (κ3) is 4.89. The molecule has 0 aliphatic heterocycles. The monoisotopic (exact) mass is 268 g/mol. The summed E-state index contributed by atoms with van der Waals surface area (Å²) in [5, 5.41) is 9.56. The fourth-order valence-electron chi connectivity index (χ4n) is 1.40. The molecule has 0 atom stereocenters. The number of thioether (sulfide) groups is 1. The highest BCUT2D eigenvalue weighted by Crippen LogP contribution is 2.30. The largest absolute Gasteiger partial charge is 0.398 e. The molecule has 0 aliphatic rings. The molecule has 0 fully saturated rings. The first-order valence-electron chi connectivity index (χ1n) is 5.54. The Bertz CT molecular complexity index is 424. The highest BCUT2D eigenvalue weighted by atomic mass is 35.5. The normalized spacial score (nSPS) is 11.2. The molecular formula is C13H17ClN2S. The van der Waals surface area contributed by atoms with Crippen LogP contribution in [-0.2, 0) is 0 Å². The Labute approximate surface area is 112 Å². The maximum absolute atomic E-state index is 8.89. The standard InChI is InChI=1S/C13H17ClN2S/c1-13(2,9-15)6-3-7-17-12-5-4-10(14)8-11(12)16/h4-5,8H,3,6-7,16H2,1-2H3. The average molecular weight is 269 g/mol. The second kappa shape index (κ2) is 6.18. The lowest BCUT2D eigenvalue weighted by Gasteiger charge is -2.14. The van der Waals surface area contributed by atoms with E-state index in [0.717, 1.165) is 29.2 Å². The zero-order valence-electron chi connectivity index (χ0n) is 10.2. The van der Waals surface area contributed by atoms with Crippen LogP contribution in [0.1, 0.15) is 26.7 Å². The van der Waals surface area contributed by atoms with E-state index in [0.29, 0.717) is 5.02 Å². The summed E-state index contributed by atoms with van der Waals surface area (Å²) < 4.78 is 0. The van der Waals surface area contributed by atoms with Gasteiger partial charge in [0.05, 0.1) is 11.5 Å². The van der Waals surface area contributed by atoms with Gasteiger partial charge in [0.1, 0.15) is 0 Å². The first kappa shape index (κ1) is 14.2. The molecule has 1 rings (SSSR count). The third-order valence-electron chi connectivity index (χ3n) is 2.48. The van der Waals surface area contributed by atoms with Crippen LogP contribution in [0.25, 0.3) is 0 Å². The lowest BCUT2D eigenvalue weighted by Crippen LogP contribution is -2.07. The van der Waals surface area contributed by atoms with E-state index in [1.165, 1.54) is 0 Å². The quantitative estimate of drug-likeness (QED) is 0.491. The van der Waals surface area contributed by atoms with Crippen LogP contribution in [0.15, 0.2) is 23.1 Å². The van der Waals surface area contributed by atoms with Gasteiger partial charge in [-0.25, -0.2) is 0 Å². The first-order valence-corrected chi connectivity index (χ1v) is 6.90. The van der Waals surface area contributed by atoms with Gasteiger partial charge >= 0.3 is 0 Å². The number of nitrogens with two attached hydrogens (primary N) is 1. The molecule has 0 unspecified atom stereocenters. The number of nitrogens with zero attached hydrogens (tertiary/aromatic N) is 1. The molecule has 0 aromatic heterocycles. The van der Waals surface area contributed by atoms with Gasteiger partial charge < -0.3 is 5.73 Å². The molecule has 1 aromatic carbocycles. The molecule has 2 N–H and O–H groups in total. The van der Waals surface area contributed by atoms with E-state index in [4.69, 9.17) is 22.6 Å². The van der Waals surface area contributed by atoms with Crippen molar-refractivity contribution in [2.75, 3.05) is 11.5 Å². The highest BCUT2D eigenvalue weighted by Gasteiger charge is 2.15. The Hall–Kier alpha value is -0.850. The predicted molar refractivity (Wildman–Crippen MR) is 75.2 cm³/mol. The van der Waals surface area contributed by atoms with Gasteiger partial charge in [0.2, 0.25) is 0 Å². The Kier molecular flexibility index (Phi) is 5.17. The minimum atomic E-state index is -0.230. The Morgan fingerprint density at radius 2 is 2.18 bits per heavy atom. The smallest absolute Gasteiger partial charge is 0.0683 e. The van der Waals surface area contributed by atoms with Crippen molar-refractivity contribution >= 4 is 29.1 Å². The SMILES string of the molecule is CC(C)(C#N)CCCSc1ccc(Cl)cc1N. The maximum atomic E-state index is 8.89. The van der Waals surface area contributed by atoms with Crippen LogP contribution >= 0.6 is 23.4 Å². The summed E-state index contributed by atoms with van der Waals surface area (Å²) in [5.41, 5.74) is 6.35. The average Bonchev–Trinajstić information content (AvgIpc) is 2.27. The van der Waals surface area contributed by atoms with Crippen molar-refractivity contribution in [1.29, 1.82) is 5.26 Å². The lowest BCUT2D eigenvalue weighted by molar-refractivity contribution is 0.448. The van der Waals surface area contributed by atoms with Crippen LogP contribution in [0.2, 0.25) is 5.02 Å². The van der Waals surface area contributed by atoms with Crippen molar-refractivity contribution in [2.24, 2.45) is 5.41 Å². The molecule has 2 nitrogen and oxygen atoms in total. The predicted octanol–water partition coefficient (Wildman–Crippen LogP) is 4.34. The Morgan fingerprint density at radius 1 is 1.47 bits per heavy atom. The fourth-order valence-corrected chi connectivity index (χ4v) is 2.48. The summed E-state index contributed by atoms with van der Waals surface area (Å²) >= 11 is 7.55. The van der Waals surface area contributed by atoms with Gasteiger partial charge in [-0.3, -0.25) is 0 Å². The highest BCUT2D eigenvalue weighted by molar-refractivity contribution is 7.99. The second-order valence-electron chi connectivity index (χ2n) is 4.63. The van der Waals surface area contributed by atoms with Crippen molar-refractivity contribution in [3.05, 3.63) is 23.2 Å². The topological polar surface area (TPSA) is 49.8 Å². The van der Waals surface area contributed by atoms with Gasteiger partial charge in [0.15, 0.2) is 0 Å². The van der Waals surface area contributed by atoms with Crippen molar-refractivity contribution in [3.63, 3.8) is 0 Å². The molecule has 4 heteroatoms. The van der Waals surface area contributed by atoms with Gasteiger partial charge in [-0.05, 0) is 50.6 Å².